The molecule has 0 atom stereocenters. The highest BCUT2D eigenvalue weighted by Gasteiger charge is 2.09. The van der Waals surface area contributed by atoms with Crippen molar-refractivity contribution in [2.24, 2.45) is 0 Å². The molecular weight excluding hydrogens is 277 g/mol. The lowest BCUT2D eigenvalue weighted by Crippen LogP contribution is -2.11. The highest BCUT2D eigenvalue weighted by molar-refractivity contribution is 6.32. The second kappa shape index (κ2) is 6.73. The molecule has 106 valence electrons. The van der Waals surface area contributed by atoms with E-state index in [-0.39, 0.29) is 5.82 Å². The molecule has 0 fully saturated rings. The summed E-state index contributed by atoms with van der Waals surface area (Å²) in [6, 6.07) is 10.4. The normalized spacial score (nSPS) is 10.6. The van der Waals surface area contributed by atoms with E-state index >= 15 is 0 Å². The maximum absolute atomic E-state index is 14.0. The standard InChI is InChI=1S/C16H17ClFNO/c1-3-19-10-11-4-6-15(18)13(8-11)12-5-7-16(20-2)14(17)9-12/h4-9,19H,3,10H2,1-2H3. The van der Waals surface area contributed by atoms with Crippen LogP contribution in [0.3, 0.4) is 0 Å². The summed E-state index contributed by atoms with van der Waals surface area (Å²) in [4.78, 5) is 0. The van der Waals surface area contributed by atoms with Crippen molar-refractivity contribution in [2.45, 2.75) is 13.5 Å². The Morgan fingerprint density at radius 3 is 2.65 bits per heavy atom. The third kappa shape index (κ3) is 3.30. The van der Waals surface area contributed by atoms with E-state index in [0.29, 0.717) is 22.9 Å². The van der Waals surface area contributed by atoms with Crippen LogP contribution >= 0.6 is 11.6 Å². The molecule has 20 heavy (non-hydrogen) atoms. The zero-order valence-electron chi connectivity index (χ0n) is 11.5. The lowest BCUT2D eigenvalue weighted by molar-refractivity contribution is 0.415. The summed E-state index contributed by atoms with van der Waals surface area (Å²) in [6.45, 7) is 3.63. The summed E-state index contributed by atoms with van der Waals surface area (Å²) in [5.41, 5.74) is 2.33. The van der Waals surface area contributed by atoms with Gasteiger partial charge in [-0.3, -0.25) is 0 Å². The van der Waals surface area contributed by atoms with Crippen LogP contribution in [0.2, 0.25) is 5.02 Å². The van der Waals surface area contributed by atoms with Gasteiger partial charge in [-0.1, -0.05) is 30.7 Å². The second-order valence-electron chi connectivity index (χ2n) is 4.44. The molecule has 2 rings (SSSR count). The first-order valence-corrected chi connectivity index (χ1v) is 6.86. The molecule has 1 N–H and O–H groups in total. The van der Waals surface area contributed by atoms with Crippen LogP contribution in [0, 0.1) is 5.82 Å². The van der Waals surface area contributed by atoms with Crippen LogP contribution in [0.5, 0.6) is 5.75 Å². The summed E-state index contributed by atoms with van der Waals surface area (Å²) < 4.78 is 19.1. The molecular formula is C16H17ClFNO. The second-order valence-corrected chi connectivity index (χ2v) is 4.85. The summed E-state index contributed by atoms with van der Waals surface area (Å²) in [5, 5.41) is 3.70. The SMILES string of the molecule is CCNCc1ccc(F)c(-c2ccc(OC)c(Cl)c2)c1. The number of rotatable bonds is 5. The van der Waals surface area contributed by atoms with Gasteiger partial charge in [-0.2, -0.15) is 0 Å². The van der Waals surface area contributed by atoms with Crippen LogP contribution in [0.4, 0.5) is 4.39 Å². The van der Waals surface area contributed by atoms with E-state index < -0.39 is 0 Å². The average molecular weight is 294 g/mol. The van der Waals surface area contributed by atoms with E-state index in [1.165, 1.54) is 6.07 Å². The predicted molar refractivity (Wildman–Crippen MR) is 80.8 cm³/mol. The van der Waals surface area contributed by atoms with Gasteiger partial charge in [0.1, 0.15) is 11.6 Å². The molecule has 0 saturated carbocycles. The van der Waals surface area contributed by atoms with E-state index in [1.807, 2.05) is 13.0 Å². The summed E-state index contributed by atoms with van der Waals surface area (Å²) in [7, 11) is 1.55. The van der Waals surface area contributed by atoms with Crippen LogP contribution in [0.15, 0.2) is 36.4 Å². The molecule has 2 nitrogen and oxygen atoms in total. The molecule has 0 amide bonds. The number of ether oxygens (including phenoxy) is 1. The number of halogens is 2. The van der Waals surface area contributed by atoms with Crippen LogP contribution in [-0.2, 0) is 6.54 Å². The largest absolute Gasteiger partial charge is 0.495 e. The number of hydrogen-bond donors (Lipinski definition) is 1. The van der Waals surface area contributed by atoms with E-state index in [1.54, 1.807) is 31.4 Å². The first-order valence-electron chi connectivity index (χ1n) is 6.48. The van der Waals surface area contributed by atoms with Crippen molar-refractivity contribution in [3.05, 3.63) is 52.8 Å². The molecule has 0 aliphatic carbocycles. The minimum absolute atomic E-state index is 0.258. The molecule has 4 heteroatoms. The highest BCUT2D eigenvalue weighted by atomic mass is 35.5. The third-order valence-corrected chi connectivity index (χ3v) is 3.37. The maximum atomic E-state index is 14.0. The van der Waals surface area contributed by atoms with Gasteiger partial charge in [-0.05, 0) is 41.9 Å². The van der Waals surface area contributed by atoms with Gasteiger partial charge >= 0.3 is 0 Å². The number of nitrogens with one attached hydrogen (secondary N) is 1. The molecule has 0 heterocycles. The minimum Gasteiger partial charge on any atom is -0.495 e. The summed E-state index contributed by atoms with van der Waals surface area (Å²) >= 11 is 6.10. The van der Waals surface area contributed by atoms with Crippen LogP contribution in [-0.4, -0.2) is 13.7 Å². The van der Waals surface area contributed by atoms with Crippen LogP contribution < -0.4 is 10.1 Å². The molecule has 2 aromatic carbocycles. The fraction of sp³-hybridized carbons (Fsp3) is 0.250. The van der Waals surface area contributed by atoms with Crippen molar-refractivity contribution in [3.63, 3.8) is 0 Å². The van der Waals surface area contributed by atoms with Gasteiger partial charge in [0.25, 0.3) is 0 Å². The van der Waals surface area contributed by atoms with E-state index in [2.05, 4.69) is 5.32 Å². The Bertz CT molecular complexity index is 601. The average Bonchev–Trinajstić information content (AvgIpc) is 2.46. The van der Waals surface area contributed by atoms with E-state index in [4.69, 9.17) is 16.3 Å². The van der Waals surface area contributed by atoms with Crippen molar-refractivity contribution in [2.75, 3.05) is 13.7 Å². The molecule has 0 aliphatic rings. The minimum atomic E-state index is -0.258. The Morgan fingerprint density at radius 1 is 1.20 bits per heavy atom. The Morgan fingerprint density at radius 2 is 2.00 bits per heavy atom. The lowest BCUT2D eigenvalue weighted by Gasteiger charge is -2.09. The highest BCUT2D eigenvalue weighted by Crippen LogP contribution is 2.31. The Balaban J connectivity index is 2.38. The molecule has 2 aromatic rings. The van der Waals surface area contributed by atoms with Gasteiger partial charge in [0.05, 0.1) is 12.1 Å². The van der Waals surface area contributed by atoms with Crippen LogP contribution in [0.25, 0.3) is 11.1 Å². The molecule has 0 saturated heterocycles. The number of methoxy groups -OCH3 is 1. The molecule has 0 bridgehead atoms. The Hall–Kier alpha value is -1.58. The number of benzene rings is 2. The van der Waals surface area contributed by atoms with Gasteiger partial charge in [0.15, 0.2) is 0 Å². The summed E-state index contributed by atoms with van der Waals surface area (Å²) in [5.74, 6) is 0.325. The molecule has 0 aliphatic heterocycles. The van der Waals surface area contributed by atoms with E-state index in [0.717, 1.165) is 17.7 Å². The smallest absolute Gasteiger partial charge is 0.137 e. The zero-order chi connectivity index (χ0) is 14.5. The van der Waals surface area contributed by atoms with Crippen molar-refractivity contribution in [1.82, 2.24) is 5.32 Å². The van der Waals surface area contributed by atoms with Crippen molar-refractivity contribution >= 4 is 11.6 Å². The molecule has 0 radical (unpaired) electrons. The van der Waals surface area contributed by atoms with Crippen molar-refractivity contribution < 1.29 is 9.13 Å². The number of hydrogen-bond acceptors (Lipinski definition) is 2. The molecule has 0 aromatic heterocycles. The lowest BCUT2D eigenvalue weighted by atomic mass is 10.0. The van der Waals surface area contributed by atoms with Crippen LogP contribution in [0.1, 0.15) is 12.5 Å². The van der Waals surface area contributed by atoms with Gasteiger partial charge in [0, 0.05) is 12.1 Å². The fourth-order valence-electron chi connectivity index (χ4n) is 2.01. The molecule has 0 unspecified atom stereocenters. The van der Waals surface area contributed by atoms with Crippen molar-refractivity contribution in [3.8, 4) is 16.9 Å². The zero-order valence-corrected chi connectivity index (χ0v) is 12.3. The van der Waals surface area contributed by atoms with E-state index in [9.17, 15) is 4.39 Å². The topological polar surface area (TPSA) is 21.3 Å². The van der Waals surface area contributed by atoms with Gasteiger partial charge in [-0.25, -0.2) is 4.39 Å². The van der Waals surface area contributed by atoms with Gasteiger partial charge in [-0.15, -0.1) is 0 Å². The predicted octanol–water partition coefficient (Wildman–Crippen LogP) is 4.26. The maximum Gasteiger partial charge on any atom is 0.137 e. The van der Waals surface area contributed by atoms with Gasteiger partial charge < -0.3 is 10.1 Å². The Kier molecular flexibility index (Phi) is 4.99. The first kappa shape index (κ1) is 14.8. The third-order valence-electron chi connectivity index (χ3n) is 3.07. The molecule has 0 spiro atoms. The summed E-state index contributed by atoms with van der Waals surface area (Å²) in [6.07, 6.45) is 0. The van der Waals surface area contributed by atoms with Crippen molar-refractivity contribution in [1.29, 1.82) is 0 Å². The fourth-order valence-corrected chi connectivity index (χ4v) is 2.26. The first-order chi connectivity index (χ1) is 9.65. The van der Waals surface area contributed by atoms with Gasteiger partial charge in [0.2, 0.25) is 0 Å². The Labute approximate surface area is 123 Å². The quantitative estimate of drug-likeness (QED) is 0.889. The monoisotopic (exact) mass is 293 g/mol.